The minimum atomic E-state index is -0.658. The number of aliphatic hydroxyl groups is 1. The summed E-state index contributed by atoms with van der Waals surface area (Å²) in [4.78, 5) is 20.1. The van der Waals surface area contributed by atoms with Gasteiger partial charge in [0.1, 0.15) is 18.7 Å². The Labute approximate surface area is 203 Å². The van der Waals surface area contributed by atoms with E-state index in [-0.39, 0.29) is 29.3 Å². The van der Waals surface area contributed by atoms with Crippen LogP contribution in [-0.2, 0) is 14.4 Å². The fraction of sp³-hybridized carbons (Fsp3) is 0.214. The molecule has 1 fully saturated rings. The third-order valence-electron chi connectivity index (χ3n) is 6.05. The van der Waals surface area contributed by atoms with E-state index in [4.69, 9.17) is 9.57 Å². The molecule has 0 spiro atoms. The maximum atomic E-state index is 13.8. The molecular formula is C28H25FN2O4. The number of allylic oxidation sites excluding steroid dienone is 6. The largest absolute Gasteiger partial charge is 0.506 e. The molecule has 3 aliphatic rings. The number of hydrogen-bond acceptors (Lipinski definition) is 6. The minimum Gasteiger partial charge on any atom is -0.506 e. The van der Waals surface area contributed by atoms with Gasteiger partial charge in [-0.2, -0.15) is 0 Å². The molecule has 1 unspecified atom stereocenters. The molecule has 0 saturated carbocycles. The van der Waals surface area contributed by atoms with Gasteiger partial charge in [-0.15, -0.1) is 0 Å². The Balaban J connectivity index is 1.86. The zero-order valence-corrected chi connectivity index (χ0v) is 19.8. The van der Waals surface area contributed by atoms with Crippen LogP contribution in [0.2, 0.25) is 0 Å². The number of aliphatic hydroxyl groups excluding tert-OH is 1. The molecule has 1 heterocycles. The van der Waals surface area contributed by atoms with E-state index in [1.807, 2.05) is 31.2 Å². The number of Topliss-reactive ketones (excluding diaryl/α,β-unsaturated/α-hetero) is 1. The van der Waals surface area contributed by atoms with Gasteiger partial charge in [-0.3, -0.25) is 4.79 Å². The number of rotatable bonds is 6. The number of ether oxygens (including phenoxy) is 1. The van der Waals surface area contributed by atoms with Crippen molar-refractivity contribution in [2.75, 3.05) is 19.1 Å². The summed E-state index contributed by atoms with van der Waals surface area (Å²) >= 11 is 0. The molecule has 4 rings (SSSR count). The van der Waals surface area contributed by atoms with Gasteiger partial charge in [0, 0.05) is 12.1 Å². The smallest absolute Gasteiger partial charge is 0.210 e. The molecule has 0 amide bonds. The second kappa shape index (κ2) is 9.90. The van der Waals surface area contributed by atoms with Crippen molar-refractivity contribution in [1.29, 1.82) is 0 Å². The van der Waals surface area contributed by atoms with Gasteiger partial charge >= 0.3 is 0 Å². The molecule has 1 N–H and O–H groups in total. The number of anilines is 1. The molecule has 1 saturated heterocycles. The number of nitrogens with zero attached hydrogens (tertiary/aromatic N) is 2. The normalized spacial score (nSPS) is 21.4. The molecule has 0 bridgehead atoms. The number of halogens is 1. The van der Waals surface area contributed by atoms with Gasteiger partial charge in [-0.1, -0.05) is 35.7 Å². The van der Waals surface area contributed by atoms with Gasteiger partial charge in [-0.05, 0) is 60.6 Å². The zero-order valence-electron chi connectivity index (χ0n) is 19.8. The molecule has 1 aliphatic heterocycles. The lowest BCUT2D eigenvalue weighted by Crippen LogP contribution is -2.31. The van der Waals surface area contributed by atoms with Crippen molar-refractivity contribution in [3.05, 3.63) is 112 Å². The van der Waals surface area contributed by atoms with Gasteiger partial charge in [0.05, 0.1) is 35.7 Å². The van der Waals surface area contributed by atoms with E-state index in [1.165, 1.54) is 20.3 Å². The third-order valence-corrected chi connectivity index (χ3v) is 6.05. The maximum Gasteiger partial charge on any atom is 0.210 e. The Morgan fingerprint density at radius 1 is 1.17 bits per heavy atom. The summed E-state index contributed by atoms with van der Waals surface area (Å²) in [6.45, 7) is 5.85. The van der Waals surface area contributed by atoms with Crippen LogP contribution in [0.3, 0.4) is 0 Å². The third kappa shape index (κ3) is 4.56. The van der Waals surface area contributed by atoms with E-state index in [1.54, 1.807) is 23.1 Å². The van der Waals surface area contributed by atoms with Crippen LogP contribution < -0.4 is 4.90 Å². The van der Waals surface area contributed by atoms with Gasteiger partial charge in [0.25, 0.3) is 0 Å². The molecular weight excluding hydrogens is 447 g/mol. The summed E-state index contributed by atoms with van der Waals surface area (Å²) in [6.07, 6.45) is 6.93. The Kier molecular flexibility index (Phi) is 6.74. The van der Waals surface area contributed by atoms with E-state index in [0.29, 0.717) is 29.2 Å². The summed E-state index contributed by atoms with van der Waals surface area (Å²) in [6, 6.07) is 6.77. The summed E-state index contributed by atoms with van der Waals surface area (Å²) in [5.41, 5.74) is 9.36. The van der Waals surface area contributed by atoms with E-state index in [9.17, 15) is 14.3 Å². The predicted octanol–water partition coefficient (Wildman–Crippen LogP) is 5.49. The first kappa shape index (κ1) is 23.8. The lowest BCUT2D eigenvalue weighted by Gasteiger charge is -2.30. The highest BCUT2D eigenvalue weighted by Gasteiger charge is 2.44. The van der Waals surface area contributed by atoms with Crippen molar-refractivity contribution >= 4 is 17.2 Å². The summed E-state index contributed by atoms with van der Waals surface area (Å²) in [7, 11) is 2.99. The SMILES string of the molecule is C=C1C(=O)/C(=C(\O)C2=C=C=C(OC)C=C2)C(C2=CC=C(F)CC2)N1c1ccc(/C(C)=N/OC)cc1. The molecule has 2 aliphatic carbocycles. The van der Waals surface area contributed by atoms with Gasteiger partial charge < -0.3 is 19.6 Å². The van der Waals surface area contributed by atoms with E-state index < -0.39 is 11.8 Å². The standard InChI is InChI=1S/C28H25FN2O4/c1-17(30-35-4)19-7-13-23(14-8-19)31-18(2)27(32)25(26(31)20-5-11-22(29)12-6-20)28(33)21-9-15-24(34-3)16-10-21/h5,7-9,11,13-15,26,33H,2,6,12H2,1,3-4H3/b28-25-,30-17+. The second-order valence-corrected chi connectivity index (χ2v) is 8.14. The first-order chi connectivity index (χ1) is 16.8. The number of methoxy groups -OCH3 is 1. The second-order valence-electron chi connectivity index (χ2n) is 8.14. The van der Waals surface area contributed by atoms with Crippen LogP contribution in [-0.4, -0.2) is 36.9 Å². The van der Waals surface area contributed by atoms with Crippen LogP contribution in [0.4, 0.5) is 10.1 Å². The van der Waals surface area contributed by atoms with Crippen molar-refractivity contribution in [2.24, 2.45) is 5.16 Å². The molecule has 0 aromatic heterocycles. The summed E-state index contributed by atoms with van der Waals surface area (Å²) in [5.74, 6) is -0.393. The number of carbonyl (C=O) groups is 1. The highest BCUT2D eigenvalue weighted by molar-refractivity contribution is 6.16. The minimum absolute atomic E-state index is 0.160. The number of ketones is 1. The first-order valence-corrected chi connectivity index (χ1v) is 11.0. The molecule has 1 aromatic carbocycles. The van der Waals surface area contributed by atoms with Crippen molar-refractivity contribution in [3.63, 3.8) is 0 Å². The van der Waals surface area contributed by atoms with Crippen molar-refractivity contribution in [1.82, 2.24) is 0 Å². The quantitative estimate of drug-likeness (QED) is 0.195. The number of oxime groups is 1. The molecule has 1 atom stereocenters. The Hall–Kier alpha value is -4.31. The first-order valence-electron chi connectivity index (χ1n) is 11.0. The molecule has 6 nitrogen and oxygen atoms in total. The summed E-state index contributed by atoms with van der Waals surface area (Å²) < 4.78 is 18.9. The lowest BCUT2D eigenvalue weighted by molar-refractivity contribution is -0.111. The number of carbonyl (C=O) groups excluding carboxylic acids is 1. The van der Waals surface area contributed by atoms with E-state index >= 15 is 0 Å². The topological polar surface area (TPSA) is 71.4 Å². The predicted molar refractivity (Wildman–Crippen MR) is 132 cm³/mol. The van der Waals surface area contributed by atoms with Crippen molar-refractivity contribution in [3.8, 4) is 0 Å². The highest BCUT2D eigenvalue weighted by Crippen LogP contribution is 2.42. The van der Waals surface area contributed by atoms with E-state index in [2.05, 4.69) is 23.2 Å². The van der Waals surface area contributed by atoms with Gasteiger partial charge in [0.2, 0.25) is 5.78 Å². The van der Waals surface area contributed by atoms with Crippen LogP contribution in [0.5, 0.6) is 0 Å². The Morgan fingerprint density at radius 2 is 1.91 bits per heavy atom. The number of benzene rings is 1. The fourth-order valence-electron chi connectivity index (χ4n) is 4.25. The average Bonchev–Trinajstić information content (AvgIpc) is 3.14. The molecule has 35 heavy (non-hydrogen) atoms. The van der Waals surface area contributed by atoms with E-state index in [0.717, 1.165) is 11.1 Å². The Bertz CT molecular complexity index is 1350. The zero-order chi connectivity index (χ0) is 25.1. The monoisotopic (exact) mass is 472 g/mol. The van der Waals surface area contributed by atoms with Crippen LogP contribution in [0, 0.1) is 0 Å². The fourth-order valence-corrected chi connectivity index (χ4v) is 4.25. The lowest BCUT2D eigenvalue weighted by atomic mass is 9.90. The van der Waals surface area contributed by atoms with Crippen LogP contribution in [0.25, 0.3) is 0 Å². The molecule has 178 valence electrons. The molecule has 0 radical (unpaired) electrons. The molecule has 1 aromatic rings. The maximum absolute atomic E-state index is 13.8. The Morgan fingerprint density at radius 3 is 2.49 bits per heavy atom. The van der Waals surface area contributed by atoms with Crippen LogP contribution in [0.1, 0.15) is 25.3 Å². The van der Waals surface area contributed by atoms with Crippen LogP contribution in [0.15, 0.2) is 112 Å². The molecule has 7 heteroatoms. The average molecular weight is 473 g/mol. The summed E-state index contributed by atoms with van der Waals surface area (Å²) in [5, 5.41) is 15.2. The number of hydrogen-bond donors (Lipinski definition) is 1. The van der Waals surface area contributed by atoms with Gasteiger partial charge in [-0.25, -0.2) is 4.39 Å². The highest BCUT2D eigenvalue weighted by atomic mass is 19.1. The van der Waals surface area contributed by atoms with Crippen LogP contribution >= 0.6 is 0 Å². The van der Waals surface area contributed by atoms with Gasteiger partial charge in [0.15, 0.2) is 5.76 Å². The van der Waals surface area contributed by atoms with Crippen molar-refractivity contribution < 1.29 is 23.9 Å². The van der Waals surface area contributed by atoms with Crippen molar-refractivity contribution in [2.45, 2.75) is 25.8 Å².